The standard InChI is InChI=1S/C27H25Cl3N4O3/c28-21-15-22(25(30)23(29)16-21)26-33-24(17-31)27(37-26)32-8-1-2-12-36-18-20-5-3-19(4-6-20)7-9-34-10-13-35-14-11-34/h3-6,15-16,32H,7-14,18H2. The average Bonchev–Trinajstić information content (AvgIpc) is 3.33. The van der Waals surface area contributed by atoms with Crippen LogP contribution in [0.15, 0.2) is 40.8 Å². The van der Waals surface area contributed by atoms with E-state index in [0.717, 1.165) is 44.8 Å². The van der Waals surface area contributed by atoms with Gasteiger partial charge < -0.3 is 19.2 Å². The number of benzene rings is 2. The molecule has 0 spiro atoms. The van der Waals surface area contributed by atoms with Crippen LogP contribution in [0.1, 0.15) is 16.8 Å². The summed E-state index contributed by atoms with van der Waals surface area (Å²) in [5.74, 6) is 6.21. The number of nitrogens with zero attached hydrogens (tertiary/aromatic N) is 3. The van der Waals surface area contributed by atoms with Gasteiger partial charge in [0.05, 0.1) is 42.0 Å². The molecule has 1 fully saturated rings. The monoisotopic (exact) mass is 558 g/mol. The van der Waals surface area contributed by atoms with Gasteiger partial charge in [0, 0.05) is 24.7 Å². The topological polar surface area (TPSA) is 83.5 Å². The lowest BCUT2D eigenvalue weighted by Crippen LogP contribution is -2.37. The van der Waals surface area contributed by atoms with Gasteiger partial charge in [0.2, 0.25) is 17.5 Å². The van der Waals surface area contributed by atoms with Crippen molar-refractivity contribution in [2.75, 3.05) is 51.3 Å². The summed E-state index contributed by atoms with van der Waals surface area (Å²) in [5.41, 5.74) is 2.89. The third-order valence-electron chi connectivity index (χ3n) is 5.71. The minimum atomic E-state index is 0.0774. The SMILES string of the molecule is N#Cc1nc(-c2cc(Cl)cc(Cl)c2Cl)oc1NCC#CCOCc1ccc(CCN2CCOCC2)cc1. The van der Waals surface area contributed by atoms with Crippen LogP contribution in [-0.4, -0.2) is 55.9 Å². The number of ether oxygens (including phenoxy) is 2. The van der Waals surface area contributed by atoms with Gasteiger partial charge in [0.25, 0.3) is 0 Å². The number of nitrogens with one attached hydrogen (secondary N) is 1. The molecule has 0 unspecified atom stereocenters. The Kier molecular flexibility index (Phi) is 10.1. The zero-order valence-corrected chi connectivity index (χ0v) is 22.3. The maximum Gasteiger partial charge on any atom is 0.233 e. The Morgan fingerprint density at radius 2 is 1.81 bits per heavy atom. The molecule has 37 heavy (non-hydrogen) atoms. The van der Waals surface area contributed by atoms with Gasteiger partial charge in [-0.3, -0.25) is 4.90 Å². The zero-order valence-electron chi connectivity index (χ0n) is 20.0. The highest BCUT2D eigenvalue weighted by Gasteiger charge is 2.18. The quantitative estimate of drug-likeness (QED) is 0.205. The molecule has 0 atom stereocenters. The summed E-state index contributed by atoms with van der Waals surface area (Å²) in [6.07, 6.45) is 1.03. The van der Waals surface area contributed by atoms with Crippen molar-refractivity contribution < 1.29 is 13.9 Å². The van der Waals surface area contributed by atoms with Crippen LogP contribution >= 0.6 is 34.8 Å². The third kappa shape index (κ3) is 7.87. The highest BCUT2D eigenvalue weighted by atomic mass is 35.5. The van der Waals surface area contributed by atoms with Gasteiger partial charge in [-0.25, -0.2) is 0 Å². The molecule has 0 saturated carbocycles. The smallest absolute Gasteiger partial charge is 0.233 e. The van der Waals surface area contributed by atoms with E-state index in [4.69, 9.17) is 48.7 Å². The van der Waals surface area contributed by atoms with Gasteiger partial charge in [-0.15, -0.1) is 0 Å². The lowest BCUT2D eigenvalue weighted by atomic mass is 10.1. The fourth-order valence-corrected chi connectivity index (χ4v) is 4.40. The number of anilines is 1. The van der Waals surface area contributed by atoms with Crippen LogP contribution in [0.3, 0.4) is 0 Å². The van der Waals surface area contributed by atoms with Crippen molar-refractivity contribution in [1.82, 2.24) is 9.88 Å². The Balaban J connectivity index is 1.20. The first kappa shape index (κ1) is 27.3. The molecule has 1 saturated heterocycles. The van der Waals surface area contributed by atoms with Crippen molar-refractivity contribution in [3.05, 3.63) is 68.3 Å². The predicted octanol–water partition coefficient (Wildman–Crippen LogP) is 5.68. The summed E-state index contributed by atoms with van der Waals surface area (Å²) in [6.45, 7) is 5.73. The summed E-state index contributed by atoms with van der Waals surface area (Å²) in [4.78, 5) is 6.60. The molecule has 0 amide bonds. The number of nitriles is 1. The average molecular weight is 560 g/mol. The predicted molar refractivity (Wildman–Crippen MR) is 145 cm³/mol. The van der Waals surface area contributed by atoms with E-state index in [1.807, 2.05) is 6.07 Å². The van der Waals surface area contributed by atoms with Crippen molar-refractivity contribution in [3.8, 4) is 29.4 Å². The van der Waals surface area contributed by atoms with E-state index in [-0.39, 0.29) is 40.7 Å². The molecule has 1 N–H and O–H groups in total. The first-order valence-corrected chi connectivity index (χ1v) is 12.9. The van der Waals surface area contributed by atoms with Crippen LogP contribution < -0.4 is 5.32 Å². The highest BCUT2D eigenvalue weighted by Crippen LogP contribution is 2.37. The fourth-order valence-electron chi connectivity index (χ4n) is 3.71. The Morgan fingerprint density at radius 1 is 1.05 bits per heavy atom. The van der Waals surface area contributed by atoms with E-state index >= 15 is 0 Å². The van der Waals surface area contributed by atoms with Crippen molar-refractivity contribution >= 4 is 40.7 Å². The summed E-state index contributed by atoms with van der Waals surface area (Å²) in [6, 6.07) is 13.6. The summed E-state index contributed by atoms with van der Waals surface area (Å²) >= 11 is 18.4. The molecule has 2 aromatic carbocycles. The van der Waals surface area contributed by atoms with Gasteiger partial charge in [-0.1, -0.05) is 70.9 Å². The molecule has 1 aliphatic heterocycles. The van der Waals surface area contributed by atoms with Gasteiger partial charge in [-0.05, 0) is 29.7 Å². The Bertz CT molecular complexity index is 1300. The molecule has 1 aliphatic rings. The van der Waals surface area contributed by atoms with Crippen molar-refractivity contribution in [2.24, 2.45) is 0 Å². The number of halogens is 3. The molecule has 1 aromatic heterocycles. The van der Waals surface area contributed by atoms with E-state index in [0.29, 0.717) is 17.2 Å². The Morgan fingerprint density at radius 3 is 2.57 bits per heavy atom. The van der Waals surface area contributed by atoms with Crippen LogP contribution in [0.4, 0.5) is 5.88 Å². The summed E-state index contributed by atoms with van der Waals surface area (Å²) in [5, 5.41) is 13.2. The van der Waals surface area contributed by atoms with E-state index in [1.165, 1.54) is 11.6 Å². The highest BCUT2D eigenvalue weighted by molar-refractivity contribution is 6.44. The molecule has 0 radical (unpaired) electrons. The molecule has 0 bridgehead atoms. The Hall–Kier alpha value is -2.75. The summed E-state index contributed by atoms with van der Waals surface area (Å²) in [7, 11) is 0. The lowest BCUT2D eigenvalue weighted by molar-refractivity contribution is 0.0384. The van der Waals surface area contributed by atoms with E-state index in [2.05, 4.69) is 51.3 Å². The third-order valence-corrected chi connectivity index (χ3v) is 6.73. The summed E-state index contributed by atoms with van der Waals surface area (Å²) < 4.78 is 16.7. The lowest BCUT2D eigenvalue weighted by Gasteiger charge is -2.26. The maximum absolute atomic E-state index is 9.38. The van der Waals surface area contributed by atoms with Crippen molar-refractivity contribution in [2.45, 2.75) is 13.0 Å². The van der Waals surface area contributed by atoms with Crippen LogP contribution in [0.5, 0.6) is 0 Å². The van der Waals surface area contributed by atoms with Gasteiger partial charge in [0.15, 0.2) is 0 Å². The first-order chi connectivity index (χ1) is 18.0. The first-order valence-electron chi connectivity index (χ1n) is 11.7. The van der Waals surface area contributed by atoms with Crippen molar-refractivity contribution in [3.63, 3.8) is 0 Å². The minimum Gasteiger partial charge on any atom is -0.419 e. The van der Waals surface area contributed by atoms with Crippen LogP contribution in [0.2, 0.25) is 15.1 Å². The molecular weight excluding hydrogens is 535 g/mol. The minimum absolute atomic E-state index is 0.0774. The molecule has 4 rings (SSSR count). The molecule has 192 valence electrons. The molecule has 7 nitrogen and oxygen atoms in total. The fraction of sp³-hybridized carbons (Fsp3) is 0.333. The number of aromatic nitrogens is 1. The van der Waals surface area contributed by atoms with Crippen LogP contribution in [-0.2, 0) is 22.5 Å². The second kappa shape index (κ2) is 13.7. The van der Waals surface area contributed by atoms with Gasteiger partial charge in [-0.2, -0.15) is 10.2 Å². The van der Waals surface area contributed by atoms with E-state index in [1.54, 1.807) is 6.07 Å². The number of morpholine rings is 1. The second-order valence-electron chi connectivity index (χ2n) is 8.28. The number of hydrogen-bond acceptors (Lipinski definition) is 7. The van der Waals surface area contributed by atoms with Gasteiger partial charge >= 0.3 is 0 Å². The molecule has 10 heteroatoms. The Labute approximate surface area is 231 Å². The van der Waals surface area contributed by atoms with Gasteiger partial charge in [0.1, 0.15) is 12.7 Å². The van der Waals surface area contributed by atoms with Crippen LogP contribution in [0, 0.1) is 23.2 Å². The molecule has 2 heterocycles. The zero-order chi connectivity index (χ0) is 26.0. The number of rotatable bonds is 9. The maximum atomic E-state index is 9.38. The second-order valence-corrected chi connectivity index (χ2v) is 9.50. The van der Waals surface area contributed by atoms with Crippen LogP contribution in [0.25, 0.3) is 11.5 Å². The molecular formula is C27H25Cl3N4O3. The van der Waals surface area contributed by atoms with Crippen molar-refractivity contribution in [1.29, 1.82) is 5.26 Å². The number of hydrogen-bond donors (Lipinski definition) is 1. The largest absolute Gasteiger partial charge is 0.419 e. The molecule has 3 aromatic rings. The number of oxazole rings is 1. The van der Waals surface area contributed by atoms with E-state index < -0.39 is 0 Å². The van der Waals surface area contributed by atoms with E-state index in [9.17, 15) is 5.26 Å². The molecule has 0 aliphatic carbocycles. The normalized spacial score (nSPS) is 13.6.